The molecular formula is C10H12F3N3. The van der Waals surface area contributed by atoms with E-state index in [2.05, 4.69) is 9.97 Å². The van der Waals surface area contributed by atoms with Crippen molar-refractivity contribution in [1.29, 1.82) is 0 Å². The zero-order valence-corrected chi connectivity index (χ0v) is 8.88. The lowest BCUT2D eigenvalue weighted by Gasteiger charge is -2.18. The van der Waals surface area contributed by atoms with E-state index < -0.39 is 11.9 Å². The van der Waals surface area contributed by atoms with Gasteiger partial charge in [-0.05, 0) is 19.8 Å². The maximum absolute atomic E-state index is 12.5. The molecule has 1 aliphatic heterocycles. The van der Waals surface area contributed by atoms with Gasteiger partial charge in [0.15, 0.2) is 0 Å². The van der Waals surface area contributed by atoms with Crippen LogP contribution in [0.5, 0.6) is 0 Å². The minimum Gasteiger partial charge on any atom is -0.356 e. The van der Waals surface area contributed by atoms with Crippen molar-refractivity contribution in [2.24, 2.45) is 0 Å². The van der Waals surface area contributed by atoms with E-state index in [4.69, 9.17) is 0 Å². The van der Waals surface area contributed by atoms with Crippen molar-refractivity contribution in [2.45, 2.75) is 25.9 Å². The van der Waals surface area contributed by atoms with Crippen molar-refractivity contribution >= 4 is 5.82 Å². The predicted octanol–water partition coefficient (Wildman–Crippen LogP) is 2.40. The molecule has 1 aromatic heterocycles. The molecule has 1 aliphatic rings. The molecule has 2 rings (SSSR count). The van der Waals surface area contributed by atoms with Crippen molar-refractivity contribution < 1.29 is 13.2 Å². The summed E-state index contributed by atoms with van der Waals surface area (Å²) < 4.78 is 37.6. The van der Waals surface area contributed by atoms with Gasteiger partial charge < -0.3 is 4.90 Å². The third-order valence-electron chi connectivity index (χ3n) is 2.54. The van der Waals surface area contributed by atoms with Crippen LogP contribution in [-0.4, -0.2) is 23.1 Å². The fraction of sp³-hybridized carbons (Fsp3) is 0.600. The average Bonchev–Trinajstić information content (AvgIpc) is 2.68. The van der Waals surface area contributed by atoms with Crippen molar-refractivity contribution in [3.63, 3.8) is 0 Å². The summed E-state index contributed by atoms with van der Waals surface area (Å²) in [5.74, 6) is 0.550. The van der Waals surface area contributed by atoms with Crippen molar-refractivity contribution in [3.05, 3.63) is 17.6 Å². The molecule has 0 bridgehead atoms. The molecule has 0 spiro atoms. The van der Waals surface area contributed by atoms with Gasteiger partial charge >= 0.3 is 6.18 Å². The van der Waals surface area contributed by atoms with E-state index in [1.165, 1.54) is 6.92 Å². The van der Waals surface area contributed by atoms with Crippen LogP contribution in [0.1, 0.15) is 24.4 Å². The summed E-state index contributed by atoms with van der Waals surface area (Å²) in [7, 11) is 0. The maximum atomic E-state index is 12.5. The van der Waals surface area contributed by atoms with Crippen molar-refractivity contribution in [2.75, 3.05) is 18.0 Å². The van der Waals surface area contributed by atoms with Gasteiger partial charge in [-0.1, -0.05) is 0 Å². The quantitative estimate of drug-likeness (QED) is 0.743. The van der Waals surface area contributed by atoms with Crippen LogP contribution < -0.4 is 4.90 Å². The molecule has 6 heteroatoms. The van der Waals surface area contributed by atoms with Gasteiger partial charge in [0.25, 0.3) is 0 Å². The molecule has 0 amide bonds. The van der Waals surface area contributed by atoms with Crippen LogP contribution in [0, 0.1) is 6.92 Å². The second-order valence-electron chi connectivity index (χ2n) is 3.85. The second-order valence-corrected chi connectivity index (χ2v) is 3.85. The first kappa shape index (κ1) is 11.2. The fourth-order valence-electron chi connectivity index (χ4n) is 1.81. The van der Waals surface area contributed by atoms with E-state index in [0.29, 0.717) is 5.82 Å². The molecule has 0 aromatic carbocycles. The molecule has 2 heterocycles. The summed E-state index contributed by atoms with van der Waals surface area (Å²) in [5, 5.41) is 0. The lowest BCUT2D eigenvalue weighted by molar-refractivity contribution is -0.141. The summed E-state index contributed by atoms with van der Waals surface area (Å²) in [6, 6.07) is 1.03. The summed E-state index contributed by atoms with van der Waals surface area (Å²) >= 11 is 0. The lowest BCUT2D eigenvalue weighted by Crippen LogP contribution is -2.21. The number of alkyl halides is 3. The molecule has 88 valence electrons. The summed E-state index contributed by atoms with van der Waals surface area (Å²) in [6.45, 7) is 3.02. The van der Waals surface area contributed by atoms with Gasteiger partial charge in [0.2, 0.25) is 0 Å². The van der Waals surface area contributed by atoms with E-state index in [9.17, 15) is 13.2 Å². The topological polar surface area (TPSA) is 29.0 Å². The van der Waals surface area contributed by atoms with Crippen LogP contribution in [0.15, 0.2) is 6.07 Å². The van der Waals surface area contributed by atoms with Gasteiger partial charge in [0.05, 0.1) is 0 Å². The average molecular weight is 231 g/mol. The molecule has 0 saturated carbocycles. The van der Waals surface area contributed by atoms with Crippen LogP contribution in [0.2, 0.25) is 0 Å². The van der Waals surface area contributed by atoms with Gasteiger partial charge in [-0.25, -0.2) is 9.97 Å². The molecular weight excluding hydrogens is 219 g/mol. The minimum atomic E-state index is -4.40. The van der Waals surface area contributed by atoms with Crippen molar-refractivity contribution in [3.8, 4) is 0 Å². The summed E-state index contributed by atoms with van der Waals surface area (Å²) in [4.78, 5) is 9.32. The van der Waals surface area contributed by atoms with E-state index in [1.807, 2.05) is 4.90 Å². The molecule has 16 heavy (non-hydrogen) atoms. The highest BCUT2D eigenvalue weighted by Crippen LogP contribution is 2.30. The second kappa shape index (κ2) is 3.92. The van der Waals surface area contributed by atoms with E-state index in [-0.39, 0.29) is 5.82 Å². The molecule has 1 fully saturated rings. The normalized spacial score (nSPS) is 16.9. The number of halogens is 3. The number of rotatable bonds is 1. The van der Waals surface area contributed by atoms with Crippen LogP contribution in [0.4, 0.5) is 19.0 Å². The molecule has 0 aliphatic carbocycles. The van der Waals surface area contributed by atoms with Crippen LogP contribution in [-0.2, 0) is 6.18 Å². The van der Waals surface area contributed by atoms with Gasteiger partial charge in [-0.15, -0.1) is 0 Å². The Morgan fingerprint density at radius 2 is 1.81 bits per heavy atom. The number of anilines is 1. The number of aromatic nitrogens is 2. The highest BCUT2D eigenvalue weighted by Gasteiger charge is 2.34. The van der Waals surface area contributed by atoms with E-state index >= 15 is 0 Å². The standard InChI is InChI=1S/C10H12F3N3/c1-7-14-8(10(11,12)13)6-9(15-7)16-4-2-3-5-16/h6H,2-5H2,1H3. The highest BCUT2D eigenvalue weighted by molar-refractivity contribution is 5.41. The highest BCUT2D eigenvalue weighted by atomic mass is 19.4. The SMILES string of the molecule is Cc1nc(N2CCCC2)cc(C(F)(F)F)n1. The smallest absolute Gasteiger partial charge is 0.356 e. The van der Waals surface area contributed by atoms with E-state index in [1.54, 1.807) is 0 Å². The monoisotopic (exact) mass is 231 g/mol. The fourth-order valence-corrected chi connectivity index (χ4v) is 1.81. The third kappa shape index (κ3) is 2.25. The Morgan fingerprint density at radius 3 is 2.38 bits per heavy atom. The molecule has 0 unspecified atom stereocenters. The molecule has 1 aromatic rings. The molecule has 0 radical (unpaired) electrons. The Hall–Kier alpha value is -1.33. The Morgan fingerprint density at radius 1 is 1.19 bits per heavy atom. The van der Waals surface area contributed by atoms with Crippen LogP contribution in [0.3, 0.4) is 0 Å². The zero-order chi connectivity index (χ0) is 11.8. The number of aryl methyl sites for hydroxylation is 1. The molecule has 0 atom stereocenters. The van der Waals surface area contributed by atoms with Crippen LogP contribution in [0.25, 0.3) is 0 Å². The zero-order valence-electron chi connectivity index (χ0n) is 8.88. The minimum absolute atomic E-state index is 0.164. The first-order valence-corrected chi connectivity index (χ1v) is 5.14. The predicted molar refractivity (Wildman–Crippen MR) is 53.2 cm³/mol. The number of hydrogen-bond acceptors (Lipinski definition) is 3. The van der Waals surface area contributed by atoms with Gasteiger partial charge in [0.1, 0.15) is 17.3 Å². The first-order chi connectivity index (χ1) is 7.47. The van der Waals surface area contributed by atoms with Gasteiger partial charge in [-0.3, -0.25) is 0 Å². The third-order valence-corrected chi connectivity index (χ3v) is 2.54. The van der Waals surface area contributed by atoms with Gasteiger partial charge in [-0.2, -0.15) is 13.2 Å². The Balaban J connectivity index is 2.35. The largest absolute Gasteiger partial charge is 0.433 e. The lowest BCUT2D eigenvalue weighted by atomic mass is 10.3. The van der Waals surface area contributed by atoms with E-state index in [0.717, 1.165) is 32.0 Å². The van der Waals surface area contributed by atoms with Crippen LogP contribution >= 0.6 is 0 Å². The molecule has 1 saturated heterocycles. The first-order valence-electron chi connectivity index (χ1n) is 5.14. The number of hydrogen-bond donors (Lipinski definition) is 0. The molecule has 3 nitrogen and oxygen atoms in total. The number of nitrogens with zero attached hydrogens (tertiary/aromatic N) is 3. The summed E-state index contributed by atoms with van der Waals surface area (Å²) in [5.41, 5.74) is -0.859. The Kier molecular flexibility index (Phi) is 2.73. The summed E-state index contributed by atoms with van der Waals surface area (Å²) in [6.07, 6.45) is -2.39. The van der Waals surface area contributed by atoms with Crippen molar-refractivity contribution in [1.82, 2.24) is 9.97 Å². The Bertz CT molecular complexity index is 383. The maximum Gasteiger partial charge on any atom is 0.433 e. The molecule has 0 N–H and O–H groups in total. The van der Waals surface area contributed by atoms with Gasteiger partial charge in [0, 0.05) is 19.2 Å². The Labute approximate surface area is 91.3 Å².